The number of benzene rings is 1. The summed E-state index contributed by atoms with van der Waals surface area (Å²) in [6.45, 7) is 1.47. The highest BCUT2D eigenvalue weighted by Crippen LogP contribution is 2.32. The lowest BCUT2D eigenvalue weighted by Crippen LogP contribution is -2.36. The van der Waals surface area contributed by atoms with Crippen LogP contribution in [0.3, 0.4) is 0 Å². The van der Waals surface area contributed by atoms with E-state index in [9.17, 15) is 4.79 Å². The fourth-order valence-electron chi connectivity index (χ4n) is 2.63. The van der Waals surface area contributed by atoms with E-state index in [2.05, 4.69) is 15.1 Å². The lowest BCUT2D eigenvalue weighted by atomic mass is 9.96. The number of carbonyl (C=O) groups is 1. The van der Waals surface area contributed by atoms with Gasteiger partial charge in [0.05, 0.1) is 17.6 Å². The minimum absolute atomic E-state index is 0.227. The van der Waals surface area contributed by atoms with E-state index in [1.54, 1.807) is 6.20 Å². The summed E-state index contributed by atoms with van der Waals surface area (Å²) in [6, 6.07) is 3.76. The minimum atomic E-state index is -0.695. The Morgan fingerprint density at radius 1 is 1.42 bits per heavy atom. The number of hydrogen-bond donors (Lipinski definition) is 2. The number of carboxylic acid groups (broad SMARTS) is 1. The fraction of sp³-hybridized carbons (Fsp3) is 0.385. The van der Waals surface area contributed by atoms with Crippen LogP contribution >= 0.6 is 11.6 Å². The molecule has 0 atom stereocenters. The van der Waals surface area contributed by atoms with Crippen LogP contribution in [0.4, 0.5) is 5.69 Å². The topological polar surface area (TPSA) is 69.2 Å². The zero-order valence-corrected chi connectivity index (χ0v) is 11.0. The van der Waals surface area contributed by atoms with Crippen molar-refractivity contribution in [3.8, 4) is 0 Å². The van der Waals surface area contributed by atoms with Crippen molar-refractivity contribution in [3.63, 3.8) is 0 Å². The first-order valence-electron chi connectivity index (χ1n) is 6.25. The maximum atomic E-state index is 11.0. The van der Waals surface area contributed by atoms with Crippen molar-refractivity contribution in [3.05, 3.63) is 23.4 Å². The normalized spacial score (nSPS) is 17.0. The lowest BCUT2D eigenvalue weighted by molar-refractivity contribution is -0.142. The van der Waals surface area contributed by atoms with Gasteiger partial charge in [0.2, 0.25) is 0 Å². The summed E-state index contributed by atoms with van der Waals surface area (Å²) in [5, 5.41) is 17.7. The van der Waals surface area contributed by atoms with Crippen LogP contribution < -0.4 is 4.90 Å². The van der Waals surface area contributed by atoms with Crippen molar-refractivity contribution in [1.29, 1.82) is 0 Å². The second-order valence-corrected chi connectivity index (χ2v) is 5.29. The smallest absolute Gasteiger partial charge is 0.306 e. The average molecular weight is 280 g/mol. The molecule has 2 heterocycles. The molecule has 100 valence electrons. The van der Waals surface area contributed by atoms with Crippen LogP contribution in [0.15, 0.2) is 18.3 Å². The molecule has 1 saturated heterocycles. The number of aliphatic carboxylic acids is 1. The van der Waals surface area contributed by atoms with Crippen LogP contribution in [-0.2, 0) is 4.79 Å². The molecule has 1 aromatic heterocycles. The van der Waals surface area contributed by atoms with Gasteiger partial charge in [-0.3, -0.25) is 9.89 Å². The quantitative estimate of drug-likeness (QED) is 0.886. The highest BCUT2D eigenvalue weighted by atomic mass is 35.5. The Morgan fingerprint density at radius 2 is 2.16 bits per heavy atom. The molecule has 0 unspecified atom stereocenters. The Labute approximate surface area is 115 Å². The molecule has 1 fully saturated rings. The van der Waals surface area contributed by atoms with Crippen LogP contribution in [0.1, 0.15) is 12.8 Å². The number of halogens is 1. The molecular formula is C13H14ClN3O2. The monoisotopic (exact) mass is 279 g/mol. The first-order chi connectivity index (χ1) is 9.15. The van der Waals surface area contributed by atoms with E-state index in [4.69, 9.17) is 16.7 Å². The van der Waals surface area contributed by atoms with E-state index in [1.165, 1.54) is 0 Å². The fourth-order valence-corrected chi connectivity index (χ4v) is 2.84. The second-order valence-electron chi connectivity index (χ2n) is 4.86. The number of H-pyrrole nitrogens is 1. The molecule has 0 amide bonds. The summed E-state index contributed by atoms with van der Waals surface area (Å²) in [5.74, 6) is -0.922. The number of aromatic nitrogens is 2. The third kappa shape index (κ3) is 2.26. The predicted molar refractivity (Wildman–Crippen MR) is 73.7 cm³/mol. The SMILES string of the molecule is O=C(O)C1CCN(c2cc(Cl)cc3[nH]ncc23)CC1. The zero-order valence-electron chi connectivity index (χ0n) is 10.3. The molecule has 1 aliphatic heterocycles. The van der Waals surface area contributed by atoms with Crippen LogP contribution in [0.2, 0.25) is 5.02 Å². The number of aromatic amines is 1. The van der Waals surface area contributed by atoms with Crippen molar-refractivity contribution >= 4 is 34.2 Å². The van der Waals surface area contributed by atoms with Gasteiger partial charge in [0.25, 0.3) is 0 Å². The lowest BCUT2D eigenvalue weighted by Gasteiger charge is -2.32. The van der Waals surface area contributed by atoms with Gasteiger partial charge < -0.3 is 10.0 Å². The van der Waals surface area contributed by atoms with Crippen LogP contribution in [0.5, 0.6) is 0 Å². The maximum Gasteiger partial charge on any atom is 0.306 e. The molecular weight excluding hydrogens is 266 g/mol. The van der Waals surface area contributed by atoms with Gasteiger partial charge in [-0.1, -0.05) is 11.6 Å². The number of nitrogens with zero attached hydrogens (tertiary/aromatic N) is 2. The molecule has 2 aromatic rings. The number of anilines is 1. The molecule has 1 aromatic carbocycles. The van der Waals surface area contributed by atoms with Gasteiger partial charge in [-0.2, -0.15) is 5.10 Å². The number of nitrogens with one attached hydrogen (secondary N) is 1. The van der Waals surface area contributed by atoms with E-state index >= 15 is 0 Å². The average Bonchev–Trinajstić information content (AvgIpc) is 2.85. The first kappa shape index (κ1) is 12.3. The molecule has 19 heavy (non-hydrogen) atoms. The Balaban J connectivity index is 1.89. The van der Waals surface area contributed by atoms with E-state index in [0.717, 1.165) is 29.7 Å². The summed E-state index contributed by atoms with van der Waals surface area (Å²) in [6.07, 6.45) is 3.12. The van der Waals surface area contributed by atoms with Gasteiger partial charge in [-0.15, -0.1) is 0 Å². The Kier molecular flexibility index (Phi) is 3.06. The molecule has 0 radical (unpaired) electrons. The van der Waals surface area contributed by atoms with Crippen molar-refractivity contribution in [2.24, 2.45) is 5.92 Å². The summed E-state index contributed by atoms with van der Waals surface area (Å²) >= 11 is 6.11. The van der Waals surface area contributed by atoms with Crippen molar-refractivity contribution in [1.82, 2.24) is 10.2 Å². The molecule has 0 aliphatic carbocycles. The number of carboxylic acids is 1. The van der Waals surface area contributed by atoms with Crippen molar-refractivity contribution < 1.29 is 9.90 Å². The summed E-state index contributed by atoms with van der Waals surface area (Å²) < 4.78 is 0. The second kappa shape index (κ2) is 4.74. The van der Waals surface area contributed by atoms with Gasteiger partial charge in [0.15, 0.2) is 0 Å². The molecule has 0 bridgehead atoms. The van der Waals surface area contributed by atoms with Crippen molar-refractivity contribution in [2.75, 3.05) is 18.0 Å². The van der Waals surface area contributed by atoms with Gasteiger partial charge in [0.1, 0.15) is 0 Å². The highest BCUT2D eigenvalue weighted by molar-refractivity contribution is 6.31. The molecule has 2 N–H and O–H groups in total. The standard InChI is InChI=1S/C13H14ClN3O2/c14-9-5-11-10(7-15-16-11)12(6-9)17-3-1-8(2-4-17)13(18)19/h5-8H,1-4H2,(H,15,16)(H,18,19). The molecule has 0 saturated carbocycles. The number of hydrogen-bond acceptors (Lipinski definition) is 3. The Morgan fingerprint density at radius 3 is 2.84 bits per heavy atom. The molecule has 3 rings (SSSR count). The largest absolute Gasteiger partial charge is 0.481 e. The Hall–Kier alpha value is -1.75. The van der Waals surface area contributed by atoms with Crippen LogP contribution in [-0.4, -0.2) is 34.4 Å². The van der Waals surface area contributed by atoms with E-state index in [1.807, 2.05) is 12.1 Å². The third-order valence-corrected chi connectivity index (χ3v) is 3.90. The Bertz CT molecular complexity index is 617. The van der Waals surface area contributed by atoms with E-state index in [-0.39, 0.29) is 5.92 Å². The van der Waals surface area contributed by atoms with Crippen LogP contribution in [0.25, 0.3) is 10.9 Å². The maximum absolute atomic E-state index is 11.0. The number of rotatable bonds is 2. The van der Waals surface area contributed by atoms with E-state index in [0.29, 0.717) is 17.9 Å². The third-order valence-electron chi connectivity index (χ3n) is 3.69. The van der Waals surface area contributed by atoms with Gasteiger partial charge in [-0.05, 0) is 25.0 Å². The molecule has 6 heteroatoms. The molecule has 1 aliphatic rings. The number of piperidine rings is 1. The van der Waals surface area contributed by atoms with Crippen molar-refractivity contribution in [2.45, 2.75) is 12.8 Å². The van der Waals surface area contributed by atoms with Gasteiger partial charge >= 0.3 is 5.97 Å². The van der Waals surface area contributed by atoms with Gasteiger partial charge in [-0.25, -0.2) is 0 Å². The summed E-state index contributed by atoms with van der Waals surface area (Å²) in [5.41, 5.74) is 1.93. The predicted octanol–water partition coefficient (Wildman–Crippen LogP) is 2.52. The van der Waals surface area contributed by atoms with Crippen LogP contribution in [0, 0.1) is 5.92 Å². The summed E-state index contributed by atoms with van der Waals surface area (Å²) in [7, 11) is 0. The first-order valence-corrected chi connectivity index (χ1v) is 6.63. The van der Waals surface area contributed by atoms with E-state index < -0.39 is 5.97 Å². The number of fused-ring (bicyclic) bond motifs is 1. The minimum Gasteiger partial charge on any atom is -0.481 e. The van der Waals surface area contributed by atoms with Gasteiger partial charge in [0, 0.05) is 29.2 Å². The molecule has 5 nitrogen and oxygen atoms in total. The summed E-state index contributed by atoms with van der Waals surface area (Å²) in [4.78, 5) is 13.2. The highest BCUT2D eigenvalue weighted by Gasteiger charge is 2.25. The molecule has 0 spiro atoms. The zero-order chi connectivity index (χ0) is 13.4.